The van der Waals surface area contributed by atoms with E-state index in [1.54, 1.807) is 25.2 Å². The number of aliphatic imine (C=N–C) groups is 1. The van der Waals surface area contributed by atoms with Gasteiger partial charge in [0.15, 0.2) is 0 Å². The lowest BCUT2D eigenvalue weighted by Crippen LogP contribution is -2.51. The van der Waals surface area contributed by atoms with Crippen LogP contribution in [-0.4, -0.2) is 43.6 Å². The van der Waals surface area contributed by atoms with E-state index in [2.05, 4.69) is 0 Å². The number of rotatable bonds is 7. The number of fused-ring (bicyclic) bond motifs is 1. The Bertz CT molecular complexity index is 1310. The number of para-hydroxylation sites is 1. The fourth-order valence-electron chi connectivity index (χ4n) is 4.16. The first-order chi connectivity index (χ1) is 17.4. The highest BCUT2D eigenvalue weighted by Crippen LogP contribution is 2.30. The second kappa shape index (κ2) is 10.8. The number of esters is 1. The molecular weight excluding hydrogens is 458 g/mol. The number of benzene rings is 3. The highest BCUT2D eigenvalue weighted by Gasteiger charge is 2.36. The standard InChI is InChI=1S/C27H27N5O4/c1-31-22-13-6-5-12-21(22)24(19-9-3-2-4-10-19)30-25(26(31)34)32(27(29)35)20-11-7-8-18(16-20)14-15-23(33)36-17-28/h2-13,16,25H,14-15,17,28H2,1H3,(H2,29,35)/t25-/m1/s1. The number of urea groups is 1. The number of hydrogen-bond donors (Lipinski definition) is 2. The summed E-state index contributed by atoms with van der Waals surface area (Å²) in [6.45, 7) is -0.185. The summed E-state index contributed by atoms with van der Waals surface area (Å²) in [5.74, 6) is -0.839. The van der Waals surface area contributed by atoms with Gasteiger partial charge in [0, 0.05) is 30.3 Å². The number of likely N-dealkylation sites (N-methyl/N-ethyl adjacent to an activating group) is 1. The Morgan fingerprint density at radius 2 is 1.75 bits per heavy atom. The van der Waals surface area contributed by atoms with Crippen molar-refractivity contribution in [1.82, 2.24) is 0 Å². The van der Waals surface area contributed by atoms with Crippen molar-refractivity contribution in [2.24, 2.45) is 16.5 Å². The van der Waals surface area contributed by atoms with Crippen molar-refractivity contribution in [1.29, 1.82) is 0 Å². The molecular formula is C27H27N5O4. The van der Waals surface area contributed by atoms with Gasteiger partial charge in [-0.3, -0.25) is 20.2 Å². The minimum atomic E-state index is -1.24. The number of amides is 3. The van der Waals surface area contributed by atoms with Crippen LogP contribution in [0.1, 0.15) is 23.1 Å². The molecule has 4 rings (SSSR count). The maximum absolute atomic E-state index is 13.7. The van der Waals surface area contributed by atoms with Gasteiger partial charge in [-0.1, -0.05) is 60.7 Å². The van der Waals surface area contributed by atoms with Crippen molar-refractivity contribution in [2.45, 2.75) is 19.0 Å². The molecule has 184 valence electrons. The van der Waals surface area contributed by atoms with Crippen molar-refractivity contribution in [3.05, 3.63) is 95.6 Å². The van der Waals surface area contributed by atoms with E-state index in [-0.39, 0.29) is 13.2 Å². The number of ether oxygens (including phenoxy) is 1. The molecule has 0 fully saturated rings. The number of nitrogens with zero attached hydrogens (tertiary/aromatic N) is 3. The molecule has 0 saturated carbocycles. The SMILES string of the molecule is CN1C(=O)[C@@H](N(C(N)=O)c2cccc(CCC(=O)OCN)c2)N=C(c2ccccc2)c2ccccc21. The Morgan fingerprint density at radius 1 is 1.03 bits per heavy atom. The largest absolute Gasteiger partial charge is 0.450 e. The Hall–Kier alpha value is -4.50. The first kappa shape index (κ1) is 24.6. The predicted molar refractivity (Wildman–Crippen MR) is 138 cm³/mol. The molecule has 0 unspecified atom stereocenters. The van der Waals surface area contributed by atoms with Crippen LogP contribution < -0.4 is 21.3 Å². The van der Waals surface area contributed by atoms with E-state index >= 15 is 0 Å². The predicted octanol–water partition coefficient (Wildman–Crippen LogP) is 2.80. The molecule has 36 heavy (non-hydrogen) atoms. The fraction of sp³-hybridized carbons (Fsp3) is 0.185. The number of hydrogen-bond acceptors (Lipinski definition) is 6. The number of anilines is 2. The molecule has 9 heteroatoms. The molecule has 1 aliphatic rings. The zero-order chi connectivity index (χ0) is 25.7. The lowest BCUT2D eigenvalue weighted by Gasteiger charge is -2.29. The third-order valence-electron chi connectivity index (χ3n) is 5.90. The first-order valence-corrected chi connectivity index (χ1v) is 11.4. The van der Waals surface area contributed by atoms with E-state index in [0.29, 0.717) is 23.5 Å². The summed E-state index contributed by atoms with van der Waals surface area (Å²) in [7, 11) is 1.65. The Labute approximate surface area is 209 Å². The summed E-state index contributed by atoms with van der Waals surface area (Å²) in [6.07, 6.45) is -0.761. The van der Waals surface area contributed by atoms with Gasteiger partial charge in [0.2, 0.25) is 6.17 Å². The number of primary amides is 1. The van der Waals surface area contributed by atoms with Crippen molar-refractivity contribution in [3.8, 4) is 0 Å². The smallest absolute Gasteiger partial charge is 0.321 e. The van der Waals surface area contributed by atoms with Crippen LogP contribution in [0.4, 0.5) is 16.2 Å². The summed E-state index contributed by atoms with van der Waals surface area (Å²) in [4.78, 5) is 45.6. The minimum Gasteiger partial charge on any atom is -0.450 e. The molecule has 3 aromatic carbocycles. The molecule has 9 nitrogen and oxygen atoms in total. The summed E-state index contributed by atoms with van der Waals surface area (Å²) >= 11 is 0. The Balaban J connectivity index is 1.78. The minimum absolute atomic E-state index is 0.119. The molecule has 1 heterocycles. The van der Waals surface area contributed by atoms with E-state index in [9.17, 15) is 14.4 Å². The van der Waals surface area contributed by atoms with Crippen molar-refractivity contribution in [2.75, 3.05) is 23.6 Å². The van der Waals surface area contributed by atoms with Gasteiger partial charge in [0.1, 0.15) is 6.73 Å². The van der Waals surface area contributed by atoms with Crippen LogP contribution in [0.25, 0.3) is 0 Å². The van der Waals surface area contributed by atoms with Crippen LogP contribution in [0, 0.1) is 0 Å². The zero-order valence-corrected chi connectivity index (χ0v) is 19.8. The van der Waals surface area contributed by atoms with Gasteiger partial charge in [-0.2, -0.15) is 0 Å². The Morgan fingerprint density at radius 3 is 2.47 bits per heavy atom. The van der Waals surface area contributed by atoms with E-state index < -0.39 is 24.1 Å². The maximum atomic E-state index is 13.7. The van der Waals surface area contributed by atoms with Crippen LogP contribution in [-0.2, 0) is 20.7 Å². The molecule has 0 spiro atoms. The highest BCUT2D eigenvalue weighted by molar-refractivity contribution is 6.21. The van der Waals surface area contributed by atoms with Crippen molar-refractivity contribution in [3.63, 3.8) is 0 Å². The summed E-state index contributed by atoms with van der Waals surface area (Å²) in [6, 6.07) is 23.0. The third-order valence-corrected chi connectivity index (χ3v) is 5.90. The van der Waals surface area contributed by atoms with Gasteiger partial charge in [-0.05, 0) is 30.2 Å². The van der Waals surface area contributed by atoms with Crippen LogP contribution in [0.3, 0.4) is 0 Å². The summed E-state index contributed by atoms with van der Waals surface area (Å²) < 4.78 is 4.79. The lowest BCUT2D eigenvalue weighted by molar-refractivity contribution is -0.143. The molecule has 4 N–H and O–H groups in total. The maximum Gasteiger partial charge on any atom is 0.321 e. The van der Waals surface area contributed by atoms with Crippen LogP contribution in [0.2, 0.25) is 0 Å². The quantitative estimate of drug-likeness (QED) is 0.392. The Kier molecular flexibility index (Phi) is 7.41. The number of nitrogens with two attached hydrogens (primary N) is 2. The molecule has 1 aliphatic heterocycles. The summed E-state index contributed by atoms with van der Waals surface area (Å²) in [5.41, 5.74) is 15.0. The van der Waals surface area contributed by atoms with E-state index in [1.807, 2.05) is 60.7 Å². The van der Waals surface area contributed by atoms with Crippen LogP contribution >= 0.6 is 0 Å². The van der Waals surface area contributed by atoms with E-state index in [4.69, 9.17) is 21.2 Å². The average Bonchev–Trinajstić information content (AvgIpc) is 2.99. The van der Waals surface area contributed by atoms with Gasteiger partial charge < -0.3 is 15.4 Å². The van der Waals surface area contributed by atoms with Gasteiger partial charge in [-0.25, -0.2) is 9.79 Å². The van der Waals surface area contributed by atoms with Crippen molar-refractivity contribution < 1.29 is 19.1 Å². The normalized spacial score (nSPS) is 14.9. The molecule has 0 bridgehead atoms. The highest BCUT2D eigenvalue weighted by atomic mass is 16.5. The average molecular weight is 486 g/mol. The van der Waals surface area contributed by atoms with Crippen molar-refractivity contribution >= 4 is 35.0 Å². The van der Waals surface area contributed by atoms with E-state index in [1.165, 1.54) is 9.80 Å². The topological polar surface area (TPSA) is 131 Å². The van der Waals surface area contributed by atoms with Crippen LogP contribution in [0.5, 0.6) is 0 Å². The number of aryl methyl sites for hydroxylation is 1. The van der Waals surface area contributed by atoms with Gasteiger partial charge in [-0.15, -0.1) is 0 Å². The number of benzodiazepines with no additional fused rings is 1. The molecule has 1 atom stereocenters. The summed E-state index contributed by atoms with van der Waals surface area (Å²) in [5, 5.41) is 0. The monoisotopic (exact) mass is 485 g/mol. The third kappa shape index (κ3) is 5.11. The number of carbonyl (C=O) groups excluding carboxylic acids is 3. The molecule has 0 saturated heterocycles. The fourth-order valence-corrected chi connectivity index (χ4v) is 4.16. The van der Waals surface area contributed by atoms with Gasteiger partial charge >= 0.3 is 12.0 Å². The van der Waals surface area contributed by atoms with Gasteiger partial charge in [0.25, 0.3) is 5.91 Å². The van der Waals surface area contributed by atoms with Crippen LogP contribution in [0.15, 0.2) is 83.9 Å². The molecule has 3 aromatic rings. The first-order valence-electron chi connectivity index (χ1n) is 11.4. The molecule has 0 radical (unpaired) electrons. The number of carbonyl (C=O) groups is 3. The molecule has 0 aliphatic carbocycles. The second-order valence-corrected chi connectivity index (χ2v) is 8.19. The van der Waals surface area contributed by atoms with Gasteiger partial charge in [0.05, 0.1) is 11.4 Å². The molecule has 0 aromatic heterocycles. The molecule has 3 amide bonds. The zero-order valence-electron chi connectivity index (χ0n) is 19.8. The van der Waals surface area contributed by atoms with E-state index in [0.717, 1.165) is 16.7 Å². The lowest BCUT2D eigenvalue weighted by atomic mass is 10.0. The second-order valence-electron chi connectivity index (χ2n) is 8.19.